The van der Waals surface area contributed by atoms with Crippen LogP contribution >= 0.6 is 0 Å². The minimum absolute atomic E-state index is 0.160. The lowest BCUT2D eigenvalue weighted by Crippen LogP contribution is -2.27. The monoisotopic (exact) mass is 297 g/mol. The molecule has 6 nitrogen and oxygen atoms in total. The first-order valence-corrected chi connectivity index (χ1v) is 7.54. The zero-order chi connectivity index (χ0) is 15.5. The number of para-hydroxylation sites is 1. The Hall–Kier alpha value is -2.46. The molecule has 0 radical (unpaired) electrons. The van der Waals surface area contributed by atoms with Gasteiger partial charge in [0.2, 0.25) is 5.91 Å². The molecule has 1 fully saturated rings. The SMILES string of the molecule is Cc1[nH]c2ccccc2c1CCN1CC(CN=[N+]=[N-])CC1=O. The summed E-state index contributed by atoms with van der Waals surface area (Å²) in [7, 11) is 0. The van der Waals surface area contributed by atoms with E-state index in [9.17, 15) is 4.79 Å². The van der Waals surface area contributed by atoms with Gasteiger partial charge in [-0.3, -0.25) is 4.79 Å². The van der Waals surface area contributed by atoms with Crippen molar-refractivity contribution < 1.29 is 4.79 Å². The smallest absolute Gasteiger partial charge is 0.222 e. The Morgan fingerprint density at radius 2 is 2.27 bits per heavy atom. The first kappa shape index (κ1) is 14.5. The average molecular weight is 297 g/mol. The van der Waals surface area contributed by atoms with Gasteiger partial charge in [-0.15, -0.1) is 0 Å². The quantitative estimate of drug-likeness (QED) is 0.513. The van der Waals surface area contributed by atoms with E-state index in [1.54, 1.807) is 0 Å². The van der Waals surface area contributed by atoms with Gasteiger partial charge < -0.3 is 9.88 Å². The summed E-state index contributed by atoms with van der Waals surface area (Å²) in [5, 5.41) is 4.82. The molecule has 2 aromatic rings. The number of H-pyrrole nitrogens is 1. The molecule has 0 bridgehead atoms. The predicted molar refractivity (Wildman–Crippen MR) is 85.4 cm³/mol. The number of carbonyl (C=O) groups excluding carboxylic acids is 1. The van der Waals surface area contributed by atoms with Gasteiger partial charge in [-0.2, -0.15) is 0 Å². The third-order valence-electron chi connectivity index (χ3n) is 4.36. The summed E-state index contributed by atoms with van der Waals surface area (Å²) in [5.74, 6) is 0.322. The van der Waals surface area contributed by atoms with E-state index in [1.165, 1.54) is 16.6 Å². The van der Waals surface area contributed by atoms with Crippen molar-refractivity contribution in [3.8, 4) is 0 Å². The number of rotatable bonds is 5. The van der Waals surface area contributed by atoms with Crippen molar-refractivity contribution in [2.45, 2.75) is 19.8 Å². The van der Waals surface area contributed by atoms with Crippen LogP contribution in [0.5, 0.6) is 0 Å². The van der Waals surface area contributed by atoms with Crippen LogP contribution in [0.25, 0.3) is 21.3 Å². The van der Waals surface area contributed by atoms with Gasteiger partial charge in [0, 0.05) is 47.6 Å². The molecule has 1 aromatic carbocycles. The number of amides is 1. The number of carbonyl (C=O) groups is 1. The molecule has 1 aromatic heterocycles. The third kappa shape index (κ3) is 2.78. The maximum Gasteiger partial charge on any atom is 0.222 e. The normalized spacial score (nSPS) is 18.0. The second-order valence-electron chi connectivity index (χ2n) is 5.85. The van der Waals surface area contributed by atoms with E-state index in [-0.39, 0.29) is 11.8 Å². The van der Waals surface area contributed by atoms with E-state index < -0.39 is 0 Å². The molecule has 0 aliphatic carbocycles. The second kappa shape index (κ2) is 6.12. The van der Waals surface area contributed by atoms with Crippen LogP contribution in [-0.2, 0) is 11.2 Å². The van der Waals surface area contributed by atoms with Crippen molar-refractivity contribution in [1.29, 1.82) is 0 Å². The number of aromatic nitrogens is 1. The molecule has 1 N–H and O–H groups in total. The third-order valence-corrected chi connectivity index (χ3v) is 4.36. The molecule has 6 heteroatoms. The number of nitrogens with one attached hydrogen (secondary N) is 1. The summed E-state index contributed by atoms with van der Waals surface area (Å²) in [4.78, 5) is 20.1. The van der Waals surface area contributed by atoms with E-state index in [0.29, 0.717) is 26.1 Å². The van der Waals surface area contributed by atoms with Crippen molar-refractivity contribution >= 4 is 16.8 Å². The Bertz CT molecular complexity index is 744. The number of fused-ring (bicyclic) bond motifs is 1. The number of likely N-dealkylation sites (tertiary alicyclic amines) is 1. The van der Waals surface area contributed by atoms with Crippen LogP contribution in [0.2, 0.25) is 0 Å². The molecule has 0 saturated carbocycles. The van der Waals surface area contributed by atoms with E-state index in [1.807, 2.05) is 17.0 Å². The number of azide groups is 1. The van der Waals surface area contributed by atoms with Gasteiger partial charge in [-0.25, -0.2) is 0 Å². The average Bonchev–Trinajstić information content (AvgIpc) is 3.02. The van der Waals surface area contributed by atoms with Gasteiger partial charge >= 0.3 is 0 Å². The highest BCUT2D eigenvalue weighted by Crippen LogP contribution is 2.24. The fourth-order valence-corrected chi connectivity index (χ4v) is 3.25. The molecular formula is C16H19N5O. The second-order valence-corrected chi connectivity index (χ2v) is 5.85. The highest BCUT2D eigenvalue weighted by atomic mass is 16.2. The topological polar surface area (TPSA) is 84.9 Å². The molecule has 2 heterocycles. The minimum Gasteiger partial charge on any atom is -0.358 e. The lowest BCUT2D eigenvalue weighted by atomic mass is 10.1. The van der Waals surface area contributed by atoms with Gasteiger partial charge in [0.05, 0.1) is 0 Å². The highest BCUT2D eigenvalue weighted by Gasteiger charge is 2.28. The Kier molecular flexibility index (Phi) is 4.02. The zero-order valence-corrected chi connectivity index (χ0v) is 12.6. The molecule has 22 heavy (non-hydrogen) atoms. The maximum absolute atomic E-state index is 12.0. The van der Waals surface area contributed by atoms with Gasteiger partial charge in [0.25, 0.3) is 0 Å². The number of nitrogens with zero attached hydrogens (tertiary/aromatic N) is 4. The van der Waals surface area contributed by atoms with Crippen LogP contribution in [-0.4, -0.2) is 35.4 Å². The van der Waals surface area contributed by atoms with Crippen molar-refractivity contribution in [1.82, 2.24) is 9.88 Å². The number of aryl methyl sites for hydroxylation is 1. The standard InChI is InChI=1S/C16H19N5O/c1-11-13(14-4-2-3-5-15(14)19-11)6-7-21-10-12(8-16(21)22)9-18-20-17/h2-5,12,19H,6-10H2,1H3. The summed E-state index contributed by atoms with van der Waals surface area (Å²) in [6, 6.07) is 8.25. The van der Waals surface area contributed by atoms with Gasteiger partial charge in [0.15, 0.2) is 0 Å². The fraction of sp³-hybridized carbons (Fsp3) is 0.438. The number of hydrogen-bond donors (Lipinski definition) is 1. The summed E-state index contributed by atoms with van der Waals surface area (Å²) >= 11 is 0. The van der Waals surface area contributed by atoms with Crippen LogP contribution in [0.3, 0.4) is 0 Å². The molecule has 1 amide bonds. The minimum atomic E-state index is 0.160. The first-order chi connectivity index (χ1) is 10.7. The summed E-state index contributed by atoms with van der Waals surface area (Å²) in [5.41, 5.74) is 12.0. The first-order valence-electron chi connectivity index (χ1n) is 7.54. The van der Waals surface area contributed by atoms with Crippen LogP contribution in [0.4, 0.5) is 0 Å². The van der Waals surface area contributed by atoms with Crippen LogP contribution < -0.4 is 0 Å². The molecule has 1 aliphatic rings. The molecule has 1 atom stereocenters. The molecule has 1 saturated heterocycles. The maximum atomic E-state index is 12.0. The van der Waals surface area contributed by atoms with E-state index in [4.69, 9.17) is 5.53 Å². The summed E-state index contributed by atoms with van der Waals surface area (Å²) in [6.07, 6.45) is 1.34. The van der Waals surface area contributed by atoms with Gasteiger partial charge in [0.1, 0.15) is 0 Å². The van der Waals surface area contributed by atoms with E-state index in [0.717, 1.165) is 11.9 Å². The van der Waals surface area contributed by atoms with Crippen molar-refractivity contribution in [3.05, 3.63) is 46.0 Å². The van der Waals surface area contributed by atoms with E-state index in [2.05, 4.69) is 34.1 Å². The van der Waals surface area contributed by atoms with Crippen LogP contribution in [0.15, 0.2) is 29.4 Å². The van der Waals surface area contributed by atoms with Crippen LogP contribution in [0.1, 0.15) is 17.7 Å². The van der Waals surface area contributed by atoms with Gasteiger partial charge in [-0.05, 0) is 36.4 Å². The predicted octanol–water partition coefficient (Wildman–Crippen LogP) is 3.18. The largest absolute Gasteiger partial charge is 0.358 e. The summed E-state index contributed by atoms with van der Waals surface area (Å²) in [6.45, 7) is 3.89. The lowest BCUT2D eigenvalue weighted by Gasteiger charge is -2.16. The molecular weight excluding hydrogens is 278 g/mol. The lowest BCUT2D eigenvalue weighted by molar-refractivity contribution is -0.127. The van der Waals surface area contributed by atoms with Crippen molar-refractivity contribution in [2.75, 3.05) is 19.6 Å². The zero-order valence-electron chi connectivity index (χ0n) is 12.6. The van der Waals surface area contributed by atoms with E-state index >= 15 is 0 Å². The Balaban J connectivity index is 1.68. The molecule has 3 rings (SSSR count). The molecule has 114 valence electrons. The molecule has 0 spiro atoms. The number of hydrogen-bond acceptors (Lipinski definition) is 2. The summed E-state index contributed by atoms with van der Waals surface area (Å²) < 4.78 is 0. The molecule has 1 unspecified atom stereocenters. The molecule has 1 aliphatic heterocycles. The van der Waals surface area contributed by atoms with Gasteiger partial charge in [-0.1, -0.05) is 23.3 Å². The van der Waals surface area contributed by atoms with Crippen LogP contribution in [0, 0.1) is 12.8 Å². The van der Waals surface area contributed by atoms with Crippen molar-refractivity contribution in [2.24, 2.45) is 11.0 Å². The number of benzene rings is 1. The Labute approximate surface area is 128 Å². The van der Waals surface area contributed by atoms with Crippen molar-refractivity contribution in [3.63, 3.8) is 0 Å². The Morgan fingerprint density at radius 3 is 3.09 bits per heavy atom. The Morgan fingerprint density at radius 1 is 1.45 bits per heavy atom. The number of aromatic amines is 1. The highest BCUT2D eigenvalue weighted by molar-refractivity contribution is 5.84. The fourth-order valence-electron chi connectivity index (χ4n) is 3.25.